The quantitative estimate of drug-likeness (QED) is 0.446. The molecule has 154 valence electrons. The fourth-order valence-electron chi connectivity index (χ4n) is 3.29. The molecule has 0 unspecified atom stereocenters. The number of aromatic nitrogens is 4. The molecule has 1 aliphatic heterocycles. The number of hydrogen-bond donors (Lipinski definition) is 4. The van der Waals surface area contributed by atoms with Crippen LogP contribution in [0.15, 0.2) is 30.6 Å². The number of nitrogen functional groups attached to an aromatic ring is 1. The van der Waals surface area contributed by atoms with E-state index in [9.17, 15) is 15.3 Å². The molecular formula is C19H23N5O5. The van der Waals surface area contributed by atoms with E-state index in [1.54, 1.807) is 0 Å². The van der Waals surface area contributed by atoms with Crippen molar-refractivity contribution in [3.63, 3.8) is 0 Å². The lowest BCUT2D eigenvalue weighted by Gasteiger charge is -2.16. The molecule has 0 amide bonds. The molecule has 29 heavy (non-hydrogen) atoms. The van der Waals surface area contributed by atoms with Crippen molar-refractivity contribution in [3.05, 3.63) is 41.7 Å². The summed E-state index contributed by atoms with van der Waals surface area (Å²) in [5.74, 6) is 0.130. The average molecular weight is 401 g/mol. The van der Waals surface area contributed by atoms with Gasteiger partial charge in [-0.3, -0.25) is 4.57 Å². The first-order valence-electron chi connectivity index (χ1n) is 9.28. The lowest BCUT2D eigenvalue weighted by molar-refractivity contribution is -0.0511. The van der Waals surface area contributed by atoms with Crippen LogP contribution in [0.5, 0.6) is 6.01 Å². The fourth-order valence-corrected chi connectivity index (χ4v) is 3.29. The molecular weight excluding hydrogens is 378 g/mol. The molecule has 1 fully saturated rings. The number of nitrogens with two attached hydrogens (primary N) is 1. The first-order chi connectivity index (χ1) is 14.0. The molecule has 1 aliphatic rings. The number of aliphatic hydroxyl groups is 3. The molecule has 10 heteroatoms. The maximum atomic E-state index is 10.3. The van der Waals surface area contributed by atoms with Crippen LogP contribution >= 0.6 is 0 Å². The van der Waals surface area contributed by atoms with Gasteiger partial charge in [0.05, 0.1) is 19.5 Å². The van der Waals surface area contributed by atoms with Crippen LogP contribution in [0.25, 0.3) is 11.2 Å². The highest BCUT2D eigenvalue weighted by molar-refractivity contribution is 5.82. The predicted molar refractivity (Wildman–Crippen MR) is 103 cm³/mol. The van der Waals surface area contributed by atoms with Gasteiger partial charge in [0.15, 0.2) is 23.2 Å². The van der Waals surface area contributed by atoms with Crippen molar-refractivity contribution in [2.75, 3.05) is 18.9 Å². The molecule has 3 aromatic rings. The molecule has 3 heterocycles. The standard InChI is InChI=1S/C19H23N5O5/c1-10-2-4-11(5-3-10)6-7-28-19-22-16(20)13-17(23-19)24(9-21-13)18-15(27)14(26)12(8-25)29-18/h2-5,9,12,14-15,18,25-27H,6-8H2,1H3,(H2,20,22,23)/t12-,14-,15-,18-/m1/s1. The Morgan fingerprint density at radius 2 is 1.93 bits per heavy atom. The second-order valence-corrected chi connectivity index (χ2v) is 7.03. The molecule has 0 spiro atoms. The highest BCUT2D eigenvalue weighted by atomic mass is 16.6. The molecule has 0 aliphatic carbocycles. The minimum atomic E-state index is -1.26. The predicted octanol–water partition coefficient (Wildman–Crippen LogP) is -0.0501. The Hall–Kier alpha value is -2.79. The Kier molecular flexibility index (Phi) is 5.33. The highest BCUT2D eigenvalue weighted by Crippen LogP contribution is 2.32. The number of imidazole rings is 1. The van der Waals surface area contributed by atoms with E-state index in [0.29, 0.717) is 24.2 Å². The molecule has 0 saturated carbocycles. The molecule has 1 saturated heterocycles. The van der Waals surface area contributed by atoms with Gasteiger partial charge in [-0.2, -0.15) is 9.97 Å². The minimum Gasteiger partial charge on any atom is -0.463 e. The van der Waals surface area contributed by atoms with E-state index in [1.807, 2.05) is 31.2 Å². The van der Waals surface area contributed by atoms with Gasteiger partial charge >= 0.3 is 6.01 Å². The van der Waals surface area contributed by atoms with Crippen molar-refractivity contribution >= 4 is 17.0 Å². The summed E-state index contributed by atoms with van der Waals surface area (Å²) in [5, 5.41) is 29.6. The first-order valence-corrected chi connectivity index (χ1v) is 9.28. The summed E-state index contributed by atoms with van der Waals surface area (Å²) < 4.78 is 12.7. The smallest absolute Gasteiger partial charge is 0.320 e. The van der Waals surface area contributed by atoms with Crippen molar-refractivity contribution in [3.8, 4) is 6.01 Å². The monoisotopic (exact) mass is 401 g/mol. The van der Waals surface area contributed by atoms with Crippen LogP contribution in [0.2, 0.25) is 0 Å². The highest BCUT2D eigenvalue weighted by Gasteiger charge is 2.44. The summed E-state index contributed by atoms with van der Waals surface area (Å²) in [4.78, 5) is 12.6. The van der Waals surface area contributed by atoms with E-state index in [2.05, 4.69) is 15.0 Å². The number of aliphatic hydroxyl groups excluding tert-OH is 3. The average Bonchev–Trinajstić information content (AvgIpc) is 3.25. The topological polar surface area (TPSA) is 149 Å². The number of ether oxygens (including phenoxy) is 2. The van der Waals surface area contributed by atoms with Crippen molar-refractivity contribution < 1.29 is 24.8 Å². The van der Waals surface area contributed by atoms with Crippen molar-refractivity contribution in [1.82, 2.24) is 19.5 Å². The van der Waals surface area contributed by atoms with Crippen LogP contribution in [0.1, 0.15) is 17.4 Å². The summed E-state index contributed by atoms with van der Waals surface area (Å²) in [6.07, 6.45) is -2.29. The van der Waals surface area contributed by atoms with Crippen LogP contribution in [-0.4, -0.2) is 66.4 Å². The third-order valence-corrected chi connectivity index (χ3v) is 4.96. The van der Waals surface area contributed by atoms with Gasteiger partial charge in [0.25, 0.3) is 0 Å². The zero-order valence-corrected chi connectivity index (χ0v) is 15.8. The minimum absolute atomic E-state index is 0.0793. The molecule has 10 nitrogen and oxygen atoms in total. The van der Waals surface area contributed by atoms with Crippen LogP contribution in [0.3, 0.4) is 0 Å². The second-order valence-electron chi connectivity index (χ2n) is 7.03. The zero-order valence-electron chi connectivity index (χ0n) is 15.8. The second kappa shape index (κ2) is 7.91. The Morgan fingerprint density at radius 3 is 2.62 bits per heavy atom. The van der Waals surface area contributed by atoms with Crippen molar-refractivity contribution in [2.24, 2.45) is 0 Å². The van der Waals surface area contributed by atoms with Crippen LogP contribution in [-0.2, 0) is 11.2 Å². The van der Waals surface area contributed by atoms with Gasteiger partial charge in [0, 0.05) is 6.42 Å². The largest absolute Gasteiger partial charge is 0.463 e. The van der Waals surface area contributed by atoms with E-state index in [-0.39, 0.29) is 11.8 Å². The molecule has 2 aromatic heterocycles. The molecule has 0 bridgehead atoms. The van der Waals surface area contributed by atoms with E-state index < -0.39 is 31.1 Å². The summed E-state index contributed by atoms with van der Waals surface area (Å²) in [6, 6.07) is 8.22. The van der Waals surface area contributed by atoms with Gasteiger partial charge in [-0.1, -0.05) is 29.8 Å². The number of hydrogen-bond acceptors (Lipinski definition) is 9. The van der Waals surface area contributed by atoms with Gasteiger partial charge in [0.1, 0.15) is 18.3 Å². The Labute approximate surface area is 166 Å². The van der Waals surface area contributed by atoms with Gasteiger partial charge in [-0.05, 0) is 12.5 Å². The molecule has 1 aromatic carbocycles. The fraction of sp³-hybridized carbons (Fsp3) is 0.421. The number of rotatable bonds is 6. The Balaban J connectivity index is 1.54. The number of nitrogens with zero attached hydrogens (tertiary/aromatic N) is 4. The van der Waals surface area contributed by atoms with E-state index in [4.69, 9.17) is 15.2 Å². The van der Waals surface area contributed by atoms with Crippen molar-refractivity contribution in [1.29, 1.82) is 0 Å². The number of benzene rings is 1. The zero-order chi connectivity index (χ0) is 20.5. The molecule has 4 rings (SSSR count). The molecule has 4 atom stereocenters. The van der Waals surface area contributed by atoms with E-state index >= 15 is 0 Å². The Morgan fingerprint density at radius 1 is 1.17 bits per heavy atom. The summed E-state index contributed by atoms with van der Waals surface area (Å²) in [6.45, 7) is 1.96. The van der Waals surface area contributed by atoms with Gasteiger partial charge < -0.3 is 30.5 Å². The Bertz CT molecular complexity index is 993. The maximum absolute atomic E-state index is 10.3. The lowest BCUT2D eigenvalue weighted by atomic mass is 10.1. The van der Waals surface area contributed by atoms with E-state index in [1.165, 1.54) is 16.5 Å². The van der Waals surface area contributed by atoms with Gasteiger partial charge in [-0.25, -0.2) is 4.98 Å². The first kappa shape index (κ1) is 19.5. The maximum Gasteiger partial charge on any atom is 0.320 e. The van der Waals surface area contributed by atoms with Crippen LogP contribution in [0, 0.1) is 6.92 Å². The summed E-state index contributed by atoms with van der Waals surface area (Å²) in [7, 11) is 0. The van der Waals surface area contributed by atoms with E-state index in [0.717, 1.165) is 5.56 Å². The normalized spacial score (nSPS) is 24.3. The van der Waals surface area contributed by atoms with Crippen LogP contribution in [0.4, 0.5) is 5.82 Å². The summed E-state index contributed by atoms with van der Waals surface area (Å²) in [5.41, 5.74) is 8.93. The summed E-state index contributed by atoms with van der Waals surface area (Å²) >= 11 is 0. The van der Waals surface area contributed by atoms with Gasteiger partial charge in [-0.15, -0.1) is 0 Å². The van der Waals surface area contributed by atoms with Crippen molar-refractivity contribution in [2.45, 2.75) is 37.9 Å². The lowest BCUT2D eigenvalue weighted by Crippen LogP contribution is -2.33. The number of anilines is 1. The number of aryl methyl sites for hydroxylation is 1. The van der Waals surface area contributed by atoms with Crippen LogP contribution < -0.4 is 10.5 Å². The third-order valence-electron chi connectivity index (χ3n) is 4.96. The molecule has 5 N–H and O–H groups in total. The molecule has 0 radical (unpaired) electrons. The third kappa shape index (κ3) is 3.75. The van der Waals surface area contributed by atoms with Gasteiger partial charge in [0.2, 0.25) is 0 Å². The number of fused-ring (bicyclic) bond motifs is 1. The SMILES string of the molecule is Cc1ccc(CCOc2nc(N)c3ncn([C@@H]4O[C@H](CO)[C@@H](O)[C@H]4O)c3n2)cc1.